The molecule has 2 aromatic carbocycles. The lowest BCUT2D eigenvalue weighted by atomic mass is 9.83. The third kappa shape index (κ3) is 9.47. The highest BCUT2D eigenvalue weighted by molar-refractivity contribution is 6.00. The number of carboxylic acid groups (broad SMARTS) is 1. The SMILES string of the molecule is CCCN[C@H](Cc1ccc(NC(=O)[C@@H](NC(=O)c2ccnn2C)C2CCCCC2)cc1)C(=O)N1CCN(C(=O)O)[C@H](Cc2ccccc2)C1. The van der Waals surface area contributed by atoms with Crippen LogP contribution in [0.2, 0.25) is 0 Å². The van der Waals surface area contributed by atoms with Gasteiger partial charge in [0, 0.05) is 38.6 Å². The van der Waals surface area contributed by atoms with E-state index >= 15 is 0 Å². The van der Waals surface area contributed by atoms with Crippen LogP contribution in [-0.2, 0) is 29.5 Å². The second-order valence-electron chi connectivity index (χ2n) is 13.2. The molecule has 262 valence electrons. The Hall–Kier alpha value is -4.71. The van der Waals surface area contributed by atoms with Crippen molar-refractivity contribution in [3.8, 4) is 0 Å². The third-order valence-corrected chi connectivity index (χ3v) is 9.70. The number of carbonyl (C=O) groups excluding carboxylic acids is 3. The molecule has 12 heteroatoms. The molecule has 0 spiro atoms. The summed E-state index contributed by atoms with van der Waals surface area (Å²) in [7, 11) is 1.70. The minimum atomic E-state index is -0.971. The molecular formula is C37H49N7O5. The number of rotatable bonds is 13. The maximum Gasteiger partial charge on any atom is 0.407 e. The fourth-order valence-corrected chi connectivity index (χ4v) is 7.01. The van der Waals surface area contributed by atoms with Crippen molar-refractivity contribution in [2.45, 2.75) is 76.4 Å². The summed E-state index contributed by atoms with van der Waals surface area (Å²) in [5, 5.41) is 23.3. The van der Waals surface area contributed by atoms with Crippen molar-refractivity contribution < 1.29 is 24.3 Å². The predicted octanol–water partition coefficient (Wildman–Crippen LogP) is 4.08. The summed E-state index contributed by atoms with van der Waals surface area (Å²) in [4.78, 5) is 55.8. The molecule has 0 radical (unpaired) electrons. The Bertz CT molecular complexity index is 1550. The van der Waals surface area contributed by atoms with Gasteiger partial charge >= 0.3 is 6.09 Å². The van der Waals surface area contributed by atoms with Crippen molar-refractivity contribution >= 4 is 29.5 Å². The van der Waals surface area contributed by atoms with Crippen molar-refractivity contribution in [2.75, 3.05) is 31.5 Å². The van der Waals surface area contributed by atoms with Gasteiger partial charge in [0.1, 0.15) is 11.7 Å². The molecule has 2 aliphatic rings. The highest BCUT2D eigenvalue weighted by atomic mass is 16.4. The van der Waals surface area contributed by atoms with E-state index < -0.39 is 18.2 Å². The molecule has 4 N–H and O–H groups in total. The average Bonchev–Trinajstić information content (AvgIpc) is 3.55. The topological polar surface area (TPSA) is 149 Å². The Morgan fingerprint density at radius 1 is 0.939 bits per heavy atom. The van der Waals surface area contributed by atoms with Crippen molar-refractivity contribution in [1.82, 2.24) is 30.2 Å². The second-order valence-corrected chi connectivity index (χ2v) is 13.2. The maximum absolute atomic E-state index is 13.9. The van der Waals surface area contributed by atoms with Gasteiger partial charge in [-0.2, -0.15) is 5.10 Å². The number of benzene rings is 2. The first-order chi connectivity index (χ1) is 23.7. The molecule has 2 fully saturated rings. The normalized spacial score (nSPS) is 18.0. The van der Waals surface area contributed by atoms with Crippen LogP contribution < -0.4 is 16.0 Å². The van der Waals surface area contributed by atoms with Crippen LogP contribution in [0, 0.1) is 5.92 Å². The average molecular weight is 672 g/mol. The quantitative estimate of drug-likeness (QED) is 0.214. The van der Waals surface area contributed by atoms with Gasteiger partial charge in [-0.3, -0.25) is 19.1 Å². The molecule has 1 aromatic heterocycles. The molecule has 1 saturated carbocycles. The van der Waals surface area contributed by atoms with Crippen LogP contribution in [0.15, 0.2) is 66.9 Å². The van der Waals surface area contributed by atoms with Gasteiger partial charge in [-0.05, 0) is 73.9 Å². The Morgan fingerprint density at radius 2 is 1.67 bits per heavy atom. The number of nitrogens with zero attached hydrogens (tertiary/aromatic N) is 4. The van der Waals surface area contributed by atoms with Crippen LogP contribution in [0.3, 0.4) is 0 Å². The predicted molar refractivity (Wildman–Crippen MR) is 187 cm³/mol. The van der Waals surface area contributed by atoms with E-state index in [1.807, 2.05) is 61.5 Å². The van der Waals surface area contributed by atoms with Gasteiger partial charge in [0.25, 0.3) is 5.91 Å². The summed E-state index contributed by atoms with van der Waals surface area (Å²) in [6.45, 7) is 3.64. The Labute approximate surface area is 288 Å². The Kier molecular flexibility index (Phi) is 12.4. The van der Waals surface area contributed by atoms with Gasteiger partial charge in [-0.15, -0.1) is 0 Å². The van der Waals surface area contributed by atoms with Crippen molar-refractivity contribution in [2.24, 2.45) is 13.0 Å². The first-order valence-electron chi connectivity index (χ1n) is 17.5. The Balaban J connectivity index is 1.24. The van der Waals surface area contributed by atoms with Crippen LogP contribution in [0.1, 0.15) is 67.1 Å². The fraction of sp³-hybridized carbons (Fsp3) is 0.486. The summed E-state index contributed by atoms with van der Waals surface area (Å²) in [5.74, 6) is -0.579. The zero-order chi connectivity index (χ0) is 34.8. The van der Waals surface area contributed by atoms with E-state index in [-0.39, 0.29) is 36.2 Å². The lowest BCUT2D eigenvalue weighted by molar-refractivity contribution is -0.136. The van der Waals surface area contributed by atoms with E-state index in [0.717, 1.165) is 49.7 Å². The zero-order valence-electron chi connectivity index (χ0n) is 28.5. The van der Waals surface area contributed by atoms with Gasteiger partial charge in [0.2, 0.25) is 11.8 Å². The first kappa shape index (κ1) is 35.6. The van der Waals surface area contributed by atoms with Gasteiger partial charge in [-0.25, -0.2) is 4.79 Å². The number of hydrogen-bond donors (Lipinski definition) is 4. The zero-order valence-corrected chi connectivity index (χ0v) is 28.5. The lowest BCUT2D eigenvalue weighted by Crippen LogP contribution is -2.60. The van der Waals surface area contributed by atoms with Crippen molar-refractivity contribution in [1.29, 1.82) is 0 Å². The minimum absolute atomic E-state index is 0.0475. The molecule has 1 aliphatic heterocycles. The van der Waals surface area contributed by atoms with Crippen LogP contribution in [0.4, 0.5) is 10.5 Å². The second kappa shape index (κ2) is 17.1. The highest BCUT2D eigenvalue weighted by Gasteiger charge is 2.35. The van der Waals surface area contributed by atoms with Gasteiger partial charge in [0.15, 0.2) is 0 Å². The molecule has 1 aliphatic carbocycles. The number of piperazine rings is 1. The van der Waals surface area contributed by atoms with Crippen molar-refractivity contribution in [3.05, 3.63) is 83.7 Å². The van der Waals surface area contributed by atoms with E-state index in [4.69, 9.17) is 0 Å². The minimum Gasteiger partial charge on any atom is -0.465 e. The summed E-state index contributed by atoms with van der Waals surface area (Å²) >= 11 is 0. The molecule has 0 unspecified atom stereocenters. The number of aryl methyl sites for hydroxylation is 1. The van der Waals surface area contributed by atoms with E-state index in [1.54, 1.807) is 24.2 Å². The lowest BCUT2D eigenvalue weighted by Gasteiger charge is -2.41. The Morgan fingerprint density at radius 3 is 2.33 bits per heavy atom. The number of anilines is 1. The molecule has 4 amide bonds. The summed E-state index contributed by atoms with van der Waals surface area (Å²) in [5.41, 5.74) is 2.97. The molecular weight excluding hydrogens is 622 g/mol. The smallest absolute Gasteiger partial charge is 0.407 e. The fourth-order valence-electron chi connectivity index (χ4n) is 7.01. The van der Waals surface area contributed by atoms with Crippen LogP contribution in [0.5, 0.6) is 0 Å². The van der Waals surface area contributed by atoms with E-state index in [0.29, 0.717) is 43.9 Å². The number of hydrogen-bond acceptors (Lipinski definition) is 6. The summed E-state index contributed by atoms with van der Waals surface area (Å²) < 4.78 is 1.50. The summed E-state index contributed by atoms with van der Waals surface area (Å²) in [6, 6.07) is 17.4. The van der Waals surface area contributed by atoms with Crippen LogP contribution in [-0.4, -0.2) is 92.8 Å². The van der Waals surface area contributed by atoms with Crippen molar-refractivity contribution in [3.63, 3.8) is 0 Å². The number of nitrogens with one attached hydrogen (secondary N) is 3. The number of amides is 4. The highest BCUT2D eigenvalue weighted by Crippen LogP contribution is 2.28. The van der Waals surface area contributed by atoms with Crippen LogP contribution in [0.25, 0.3) is 0 Å². The standard InChI is InChI=1S/C37H49N7O5/c1-3-19-38-31(36(47)43-21-22-44(37(48)49)30(25-43)23-26-10-6-4-7-11-26)24-27-14-16-29(17-15-27)40-35(46)33(28-12-8-5-9-13-28)41-34(45)32-18-20-39-42(32)2/h4,6-7,10-11,14-18,20,28,30-31,33,38H,3,5,8-9,12-13,19,21-25H2,1-2H3,(H,40,46)(H,41,45)(H,48,49)/t30-,31-,33+/m1/s1. The van der Waals surface area contributed by atoms with E-state index in [1.165, 1.54) is 9.58 Å². The molecule has 12 nitrogen and oxygen atoms in total. The molecule has 3 atom stereocenters. The number of carbonyl (C=O) groups is 4. The molecule has 1 saturated heterocycles. The van der Waals surface area contributed by atoms with E-state index in [9.17, 15) is 24.3 Å². The monoisotopic (exact) mass is 671 g/mol. The largest absolute Gasteiger partial charge is 0.465 e. The molecule has 2 heterocycles. The van der Waals surface area contributed by atoms with Gasteiger partial charge in [0.05, 0.1) is 12.1 Å². The van der Waals surface area contributed by atoms with Gasteiger partial charge in [-0.1, -0.05) is 68.7 Å². The number of aromatic nitrogens is 2. The first-order valence-corrected chi connectivity index (χ1v) is 17.5. The van der Waals surface area contributed by atoms with E-state index in [2.05, 4.69) is 21.0 Å². The molecule has 0 bridgehead atoms. The molecule has 49 heavy (non-hydrogen) atoms. The molecule has 5 rings (SSSR count). The third-order valence-electron chi connectivity index (χ3n) is 9.70. The maximum atomic E-state index is 13.9. The summed E-state index contributed by atoms with van der Waals surface area (Å²) in [6.07, 6.45) is 7.36. The molecule has 3 aromatic rings. The van der Waals surface area contributed by atoms with Crippen LogP contribution >= 0.6 is 0 Å². The van der Waals surface area contributed by atoms with Gasteiger partial charge < -0.3 is 30.9 Å².